The van der Waals surface area contributed by atoms with E-state index in [1.54, 1.807) is 6.07 Å². The maximum atomic E-state index is 12.2. The number of rotatable bonds is 3. The first-order valence-corrected chi connectivity index (χ1v) is 7.62. The average Bonchev–Trinajstić information content (AvgIpc) is 2.37. The standard InChI is InChI=1S/C15H19BrN2O2/c1-9-5-11(7-12(16)6-9)15(20)18-13-4-2-3-10(8-13)14(17)19/h5-7,10,13H,2-4,8H2,1H3,(H2,17,19)(H,18,20)/t10-,13+/m1/s1. The molecule has 0 aliphatic heterocycles. The fourth-order valence-corrected chi connectivity index (χ4v) is 3.32. The first-order valence-electron chi connectivity index (χ1n) is 6.83. The molecule has 108 valence electrons. The van der Waals surface area contributed by atoms with Crippen molar-refractivity contribution in [3.63, 3.8) is 0 Å². The van der Waals surface area contributed by atoms with E-state index >= 15 is 0 Å². The van der Waals surface area contributed by atoms with Gasteiger partial charge in [0.15, 0.2) is 0 Å². The molecule has 20 heavy (non-hydrogen) atoms. The van der Waals surface area contributed by atoms with E-state index in [2.05, 4.69) is 21.2 Å². The minimum absolute atomic E-state index is 0.0352. The van der Waals surface area contributed by atoms with Crippen LogP contribution < -0.4 is 11.1 Å². The summed E-state index contributed by atoms with van der Waals surface area (Å²) in [5.41, 5.74) is 7.02. The SMILES string of the molecule is Cc1cc(Br)cc(C(=O)N[C@H]2CCC[C@@H](C(N)=O)C2)c1. The predicted octanol–water partition coefficient (Wildman–Crippen LogP) is 2.53. The molecule has 0 bridgehead atoms. The van der Waals surface area contributed by atoms with Crippen molar-refractivity contribution < 1.29 is 9.59 Å². The molecule has 2 amide bonds. The Morgan fingerprint density at radius 3 is 2.70 bits per heavy atom. The third-order valence-electron chi connectivity index (χ3n) is 3.72. The zero-order valence-electron chi connectivity index (χ0n) is 11.5. The lowest BCUT2D eigenvalue weighted by atomic mass is 9.85. The molecule has 5 heteroatoms. The van der Waals surface area contributed by atoms with Crippen molar-refractivity contribution in [2.24, 2.45) is 11.7 Å². The highest BCUT2D eigenvalue weighted by Gasteiger charge is 2.26. The Hall–Kier alpha value is -1.36. The van der Waals surface area contributed by atoms with Gasteiger partial charge < -0.3 is 11.1 Å². The molecule has 0 heterocycles. The van der Waals surface area contributed by atoms with E-state index in [1.165, 1.54) is 0 Å². The second-order valence-corrected chi connectivity index (χ2v) is 6.37. The van der Waals surface area contributed by atoms with E-state index in [0.717, 1.165) is 29.3 Å². The fourth-order valence-electron chi connectivity index (χ4n) is 2.72. The number of carbonyl (C=O) groups excluding carboxylic acids is 2. The Balaban J connectivity index is 2.02. The molecule has 3 N–H and O–H groups in total. The summed E-state index contributed by atoms with van der Waals surface area (Å²) in [5.74, 6) is -0.468. The van der Waals surface area contributed by atoms with Crippen LogP contribution in [0, 0.1) is 12.8 Å². The summed E-state index contributed by atoms with van der Waals surface area (Å²) < 4.78 is 0.890. The second kappa shape index (κ2) is 6.39. The van der Waals surface area contributed by atoms with E-state index in [-0.39, 0.29) is 23.8 Å². The Morgan fingerprint density at radius 1 is 1.30 bits per heavy atom. The molecule has 2 atom stereocenters. The molecule has 0 radical (unpaired) electrons. The number of nitrogens with one attached hydrogen (secondary N) is 1. The van der Waals surface area contributed by atoms with Gasteiger partial charge in [0.1, 0.15) is 0 Å². The van der Waals surface area contributed by atoms with Crippen molar-refractivity contribution in [1.29, 1.82) is 0 Å². The molecule has 1 aliphatic carbocycles. The highest BCUT2D eigenvalue weighted by molar-refractivity contribution is 9.10. The summed E-state index contributed by atoms with van der Waals surface area (Å²) >= 11 is 3.39. The van der Waals surface area contributed by atoms with Crippen molar-refractivity contribution in [2.45, 2.75) is 38.6 Å². The van der Waals surface area contributed by atoms with Gasteiger partial charge in [-0.15, -0.1) is 0 Å². The largest absolute Gasteiger partial charge is 0.369 e. The summed E-state index contributed by atoms with van der Waals surface area (Å²) in [4.78, 5) is 23.5. The van der Waals surface area contributed by atoms with Crippen LogP contribution in [0.2, 0.25) is 0 Å². The zero-order valence-corrected chi connectivity index (χ0v) is 13.1. The van der Waals surface area contributed by atoms with E-state index in [9.17, 15) is 9.59 Å². The van der Waals surface area contributed by atoms with Gasteiger partial charge in [0.25, 0.3) is 5.91 Å². The molecule has 1 aliphatic rings. The summed E-state index contributed by atoms with van der Waals surface area (Å²) in [6.45, 7) is 1.95. The first kappa shape index (κ1) is 15.0. The molecular formula is C15H19BrN2O2. The van der Waals surface area contributed by atoms with Crippen LogP contribution in [-0.4, -0.2) is 17.9 Å². The van der Waals surface area contributed by atoms with Gasteiger partial charge in [-0.2, -0.15) is 0 Å². The minimum atomic E-state index is -0.262. The number of aryl methyl sites for hydroxylation is 1. The van der Waals surface area contributed by atoms with E-state index in [0.29, 0.717) is 12.0 Å². The predicted molar refractivity (Wildman–Crippen MR) is 81.3 cm³/mol. The number of hydrogen-bond donors (Lipinski definition) is 2. The lowest BCUT2D eigenvalue weighted by Gasteiger charge is -2.28. The molecule has 0 spiro atoms. The van der Waals surface area contributed by atoms with Crippen molar-refractivity contribution in [3.8, 4) is 0 Å². The lowest BCUT2D eigenvalue weighted by molar-refractivity contribution is -0.122. The maximum absolute atomic E-state index is 12.2. The summed E-state index contributed by atoms with van der Waals surface area (Å²) in [5, 5.41) is 3.01. The zero-order chi connectivity index (χ0) is 14.7. The Labute approximate surface area is 127 Å². The highest BCUT2D eigenvalue weighted by atomic mass is 79.9. The van der Waals surface area contributed by atoms with Crippen LogP contribution in [-0.2, 0) is 4.79 Å². The molecule has 0 aromatic heterocycles. The van der Waals surface area contributed by atoms with Gasteiger partial charge in [-0.05, 0) is 49.9 Å². The lowest BCUT2D eigenvalue weighted by Crippen LogP contribution is -2.41. The van der Waals surface area contributed by atoms with E-state index in [1.807, 2.05) is 19.1 Å². The smallest absolute Gasteiger partial charge is 0.251 e. The van der Waals surface area contributed by atoms with E-state index < -0.39 is 0 Å². The molecule has 0 saturated heterocycles. The molecule has 0 unspecified atom stereocenters. The van der Waals surface area contributed by atoms with Crippen LogP contribution in [0.1, 0.15) is 41.6 Å². The van der Waals surface area contributed by atoms with Crippen molar-refractivity contribution in [3.05, 3.63) is 33.8 Å². The molecule has 1 aromatic rings. The third-order valence-corrected chi connectivity index (χ3v) is 4.17. The number of halogens is 1. The number of benzene rings is 1. The van der Waals surface area contributed by atoms with Crippen LogP contribution >= 0.6 is 15.9 Å². The van der Waals surface area contributed by atoms with Gasteiger partial charge in [0.2, 0.25) is 5.91 Å². The molecule has 2 rings (SSSR count). The number of primary amides is 1. The van der Waals surface area contributed by atoms with Gasteiger partial charge in [-0.3, -0.25) is 9.59 Å². The number of nitrogens with two attached hydrogens (primary N) is 1. The highest BCUT2D eigenvalue weighted by Crippen LogP contribution is 2.24. The third kappa shape index (κ3) is 3.82. The maximum Gasteiger partial charge on any atom is 0.251 e. The minimum Gasteiger partial charge on any atom is -0.369 e. The summed E-state index contributed by atoms with van der Waals surface area (Å²) in [7, 11) is 0. The van der Waals surface area contributed by atoms with Crippen LogP contribution in [0.5, 0.6) is 0 Å². The molecule has 1 fully saturated rings. The van der Waals surface area contributed by atoms with Crippen LogP contribution in [0.4, 0.5) is 0 Å². The van der Waals surface area contributed by atoms with Crippen LogP contribution in [0.3, 0.4) is 0 Å². The Bertz CT molecular complexity index is 510. The molecule has 1 aromatic carbocycles. The topological polar surface area (TPSA) is 72.2 Å². The van der Waals surface area contributed by atoms with Gasteiger partial charge >= 0.3 is 0 Å². The van der Waals surface area contributed by atoms with E-state index in [4.69, 9.17) is 5.73 Å². The van der Waals surface area contributed by atoms with Gasteiger partial charge in [-0.25, -0.2) is 0 Å². The average molecular weight is 339 g/mol. The normalized spacial score (nSPS) is 22.3. The van der Waals surface area contributed by atoms with Gasteiger partial charge in [0.05, 0.1) is 0 Å². The second-order valence-electron chi connectivity index (χ2n) is 5.45. The Morgan fingerprint density at radius 2 is 2.05 bits per heavy atom. The van der Waals surface area contributed by atoms with Gasteiger partial charge in [0, 0.05) is 22.0 Å². The molecule has 4 nitrogen and oxygen atoms in total. The fraction of sp³-hybridized carbons (Fsp3) is 0.467. The Kier molecular flexibility index (Phi) is 4.81. The number of amides is 2. The van der Waals surface area contributed by atoms with Gasteiger partial charge in [-0.1, -0.05) is 22.4 Å². The van der Waals surface area contributed by atoms with Crippen molar-refractivity contribution >= 4 is 27.7 Å². The van der Waals surface area contributed by atoms with Crippen molar-refractivity contribution in [2.75, 3.05) is 0 Å². The van der Waals surface area contributed by atoms with Crippen LogP contribution in [0.15, 0.2) is 22.7 Å². The number of hydrogen-bond acceptors (Lipinski definition) is 2. The summed E-state index contributed by atoms with van der Waals surface area (Å²) in [6.07, 6.45) is 3.31. The van der Waals surface area contributed by atoms with Crippen molar-refractivity contribution in [1.82, 2.24) is 5.32 Å². The molecule has 1 saturated carbocycles. The first-order chi connectivity index (χ1) is 9.45. The summed E-state index contributed by atoms with van der Waals surface area (Å²) in [6, 6.07) is 5.65. The number of carbonyl (C=O) groups is 2. The quantitative estimate of drug-likeness (QED) is 0.888. The monoisotopic (exact) mass is 338 g/mol. The van der Waals surface area contributed by atoms with Crippen LogP contribution in [0.25, 0.3) is 0 Å². The molecular weight excluding hydrogens is 320 g/mol.